The van der Waals surface area contributed by atoms with Crippen LogP contribution >= 0.6 is 11.6 Å². The van der Waals surface area contributed by atoms with Crippen LogP contribution in [0.15, 0.2) is 12.3 Å². The predicted octanol–water partition coefficient (Wildman–Crippen LogP) is 0.261. The number of amides is 1. The van der Waals surface area contributed by atoms with Gasteiger partial charge in [-0.25, -0.2) is 9.97 Å². The molecule has 0 radical (unpaired) electrons. The molecule has 0 aliphatic carbocycles. The van der Waals surface area contributed by atoms with Crippen LogP contribution in [0, 0.1) is 0 Å². The largest absolute Gasteiger partial charge is 0.481 e. The number of nitrogens with zero attached hydrogens (tertiary/aromatic N) is 2. The topological polar surface area (TPSA) is 118 Å². The minimum Gasteiger partial charge on any atom is -0.481 e. The lowest BCUT2D eigenvalue weighted by molar-refractivity contribution is -0.137. The first-order chi connectivity index (χ1) is 7.99. The van der Waals surface area contributed by atoms with E-state index in [-0.39, 0.29) is 23.9 Å². The monoisotopic (exact) mass is 258 g/mol. The number of nitrogens with two attached hydrogens (primary N) is 1. The Labute approximate surface area is 102 Å². The van der Waals surface area contributed by atoms with E-state index in [1.807, 2.05) is 0 Å². The van der Waals surface area contributed by atoms with Gasteiger partial charge < -0.3 is 10.8 Å². The Balaban J connectivity index is 2.51. The molecule has 0 saturated heterocycles. The zero-order chi connectivity index (χ0) is 12.8. The minimum atomic E-state index is -1.01. The zero-order valence-electron chi connectivity index (χ0n) is 8.76. The van der Waals surface area contributed by atoms with E-state index < -0.39 is 17.9 Å². The van der Waals surface area contributed by atoms with E-state index in [1.54, 1.807) is 0 Å². The Morgan fingerprint density at radius 1 is 1.59 bits per heavy atom. The molecule has 8 heteroatoms. The van der Waals surface area contributed by atoms with E-state index in [9.17, 15) is 9.59 Å². The van der Waals surface area contributed by atoms with Gasteiger partial charge in [0.1, 0.15) is 5.15 Å². The highest BCUT2D eigenvalue weighted by Gasteiger charge is 2.15. The van der Waals surface area contributed by atoms with Crippen LogP contribution in [0.2, 0.25) is 5.15 Å². The van der Waals surface area contributed by atoms with E-state index in [0.29, 0.717) is 0 Å². The third kappa shape index (κ3) is 4.75. The number of hydrogen-bond acceptors (Lipinski definition) is 5. The third-order valence-corrected chi connectivity index (χ3v) is 2.07. The fraction of sp³-hybridized carbons (Fsp3) is 0.333. The molecule has 0 fully saturated rings. The number of rotatable bonds is 5. The summed E-state index contributed by atoms with van der Waals surface area (Å²) < 4.78 is 0. The molecule has 1 amide bonds. The summed E-state index contributed by atoms with van der Waals surface area (Å²) in [5, 5.41) is 11.0. The van der Waals surface area contributed by atoms with Crippen LogP contribution in [0.4, 0.5) is 5.95 Å². The summed E-state index contributed by atoms with van der Waals surface area (Å²) in [6.45, 7) is 0. The maximum atomic E-state index is 11.5. The summed E-state index contributed by atoms with van der Waals surface area (Å²) >= 11 is 5.60. The summed E-state index contributed by atoms with van der Waals surface area (Å²) in [5.41, 5.74) is 5.49. The van der Waals surface area contributed by atoms with Gasteiger partial charge in [-0.1, -0.05) is 11.6 Å². The second-order valence-electron chi connectivity index (χ2n) is 3.23. The zero-order valence-corrected chi connectivity index (χ0v) is 9.52. The quantitative estimate of drug-likeness (QED) is 0.652. The lowest BCUT2D eigenvalue weighted by atomic mass is 10.1. The highest BCUT2D eigenvalue weighted by atomic mass is 35.5. The normalized spacial score (nSPS) is 11.9. The number of nitrogens with one attached hydrogen (secondary N) is 1. The van der Waals surface area contributed by atoms with Gasteiger partial charge in [0.05, 0.1) is 6.04 Å². The molecule has 0 spiro atoms. The Kier molecular flexibility index (Phi) is 4.80. The average molecular weight is 259 g/mol. The van der Waals surface area contributed by atoms with Crippen molar-refractivity contribution in [1.82, 2.24) is 9.97 Å². The fourth-order valence-electron chi connectivity index (χ4n) is 1.01. The molecule has 1 atom stereocenters. The molecule has 0 aliphatic rings. The maximum Gasteiger partial charge on any atom is 0.303 e. The first-order valence-electron chi connectivity index (χ1n) is 4.76. The predicted molar refractivity (Wildman–Crippen MR) is 60.5 cm³/mol. The van der Waals surface area contributed by atoms with Crippen LogP contribution < -0.4 is 11.1 Å². The van der Waals surface area contributed by atoms with Crippen LogP contribution in [-0.4, -0.2) is 33.0 Å². The first-order valence-corrected chi connectivity index (χ1v) is 5.13. The van der Waals surface area contributed by atoms with Gasteiger partial charge in [0.25, 0.3) is 0 Å². The van der Waals surface area contributed by atoms with Crippen molar-refractivity contribution in [2.24, 2.45) is 5.73 Å². The molecule has 1 heterocycles. The van der Waals surface area contributed by atoms with Crippen LogP contribution in [0.3, 0.4) is 0 Å². The number of carboxylic acid groups (broad SMARTS) is 1. The standard InChI is InChI=1S/C9H11ClN4O3/c10-6-3-4-12-9(13-6)14-8(17)5(11)1-2-7(15)16/h3-5H,1-2,11H2,(H,15,16)(H,12,13,14,17). The van der Waals surface area contributed by atoms with Gasteiger partial charge in [0, 0.05) is 12.6 Å². The smallest absolute Gasteiger partial charge is 0.303 e. The minimum absolute atomic E-state index is 0.0354. The molecule has 4 N–H and O–H groups in total. The van der Waals surface area contributed by atoms with Crippen molar-refractivity contribution in [3.8, 4) is 0 Å². The van der Waals surface area contributed by atoms with E-state index in [2.05, 4.69) is 15.3 Å². The number of aromatic nitrogens is 2. The molecular weight excluding hydrogens is 248 g/mol. The molecule has 7 nitrogen and oxygen atoms in total. The van der Waals surface area contributed by atoms with Crippen molar-refractivity contribution < 1.29 is 14.7 Å². The molecule has 0 aliphatic heterocycles. The van der Waals surface area contributed by atoms with Gasteiger partial charge in [-0.2, -0.15) is 0 Å². The van der Waals surface area contributed by atoms with Crippen LogP contribution in [0.25, 0.3) is 0 Å². The molecule has 0 aromatic carbocycles. The molecular formula is C9H11ClN4O3. The number of halogens is 1. The number of hydrogen-bond donors (Lipinski definition) is 3. The summed E-state index contributed by atoms with van der Waals surface area (Å²) in [6, 6.07) is 0.537. The SMILES string of the molecule is NC(CCC(=O)O)C(=O)Nc1nccc(Cl)n1. The molecule has 1 aromatic rings. The lowest BCUT2D eigenvalue weighted by Gasteiger charge is -2.09. The second kappa shape index (κ2) is 6.12. The van der Waals surface area contributed by atoms with Gasteiger partial charge >= 0.3 is 5.97 Å². The Morgan fingerprint density at radius 3 is 2.88 bits per heavy atom. The van der Waals surface area contributed by atoms with E-state index >= 15 is 0 Å². The van der Waals surface area contributed by atoms with Gasteiger partial charge in [-0.15, -0.1) is 0 Å². The maximum absolute atomic E-state index is 11.5. The molecule has 1 aromatic heterocycles. The Morgan fingerprint density at radius 2 is 2.29 bits per heavy atom. The summed E-state index contributed by atoms with van der Waals surface area (Å²) in [6.07, 6.45) is 1.25. The fourth-order valence-corrected chi connectivity index (χ4v) is 1.15. The third-order valence-electron chi connectivity index (χ3n) is 1.86. The molecule has 1 unspecified atom stereocenters. The van der Waals surface area contributed by atoms with E-state index in [0.717, 1.165) is 0 Å². The van der Waals surface area contributed by atoms with Crippen LogP contribution in [0.1, 0.15) is 12.8 Å². The summed E-state index contributed by atoms with van der Waals surface area (Å²) in [4.78, 5) is 29.3. The molecule has 17 heavy (non-hydrogen) atoms. The summed E-state index contributed by atoms with van der Waals surface area (Å²) in [5.74, 6) is -1.52. The van der Waals surface area contributed by atoms with Crippen molar-refractivity contribution in [3.05, 3.63) is 17.4 Å². The van der Waals surface area contributed by atoms with Crippen molar-refractivity contribution in [2.75, 3.05) is 5.32 Å². The highest BCUT2D eigenvalue weighted by molar-refractivity contribution is 6.29. The number of carbonyl (C=O) groups excluding carboxylic acids is 1. The average Bonchev–Trinajstić information content (AvgIpc) is 2.25. The van der Waals surface area contributed by atoms with Gasteiger partial charge in [-0.05, 0) is 12.5 Å². The molecule has 1 rings (SSSR count). The molecule has 0 bridgehead atoms. The molecule has 92 valence electrons. The number of anilines is 1. The van der Waals surface area contributed by atoms with E-state index in [1.165, 1.54) is 12.3 Å². The van der Waals surface area contributed by atoms with Crippen LogP contribution in [-0.2, 0) is 9.59 Å². The second-order valence-corrected chi connectivity index (χ2v) is 3.62. The van der Waals surface area contributed by atoms with Crippen molar-refractivity contribution in [2.45, 2.75) is 18.9 Å². The highest BCUT2D eigenvalue weighted by Crippen LogP contribution is 2.06. The van der Waals surface area contributed by atoms with Gasteiger partial charge in [0.15, 0.2) is 0 Å². The Bertz CT molecular complexity index is 426. The number of carboxylic acids is 1. The Hall–Kier alpha value is -1.73. The number of aliphatic carboxylic acids is 1. The van der Waals surface area contributed by atoms with Gasteiger partial charge in [-0.3, -0.25) is 14.9 Å². The van der Waals surface area contributed by atoms with Crippen molar-refractivity contribution in [3.63, 3.8) is 0 Å². The van der Waals surface area contributed by atoms with Gasteiger partial charge in [0.2, 0.25) is 11.9 Å². The van der Waals surface area contributed by atoms with E-state index in [4.69, 9.17) is 22.4 Å². The molecule has 0 saturated carbocycles. The van der Waals surface area contributed by atoms with Crippen molar-refractivity contribution >= 4 is 29.4 Å². The summed E-state index contributed by atoms with van der Waals surface area (Å²) in [7, 11) is 0. The number of carbonyl (C=O) groups is 2. The van der Waals surface area contributed by atoms with Crippen molar-refractivity contribution in [1.29, 1.82) is 0 Å². The first kappa shape index (κ1) is 13.3. The lowest BCUT2D eigenvalue weighted by Crippen LogP contribution is -2.36. The van der Waals surface area contributed by atoms with Crippen LogP contribution in [0.5, 0.6) is 0 Å².